The van der Waals surface area contributed by atoms with Gasteiger partial charge >= 0.3 is 0 Å². The fourth-order valence-corrected chi connectivity index (χ4v) is 4.61. The summed E-state index contributed by atoms with van der Waals surface area (Å²) in [6, 6.07) is 7.29. The van der Waals surface area contributed by atoms with Crippen molar-refractivity contribution >= 4 is 17.6 Å². The Morgan fingerprint density at radius 3 is 2.67 bits per heavy atom. The van der Waals surface area contributed by atoms with E-state index in [0.717, 1.165) is 11.4 Å². The van der Waals surface area contributed by atoms with Crippen LogP contribution in [0.3, 0.4) is 0 Å². The highest BCUT2D eigenvalue weighted by Gasteiger charge is 2.32. The molecule has 1 saturated heterocycles. The zero-order valence-electron chi connectivity index (χ0n) is 22.6. The number of carbonyl (C=O) groups excluding carboxylic acids is 2. The molecule has 12 nitrogen and oxygen atoms in total. The second-order valence-electron chi connectivity index (χ2n) is 9.18. The van der Waals surface area contributed by atoms with Gasteiger partial charge in [-0.05, 0) is 30.2 Å². The quantitative estimate of drug-likeness (QED) is 0.362. The van der Waals surface area contributed by atoms with Crippen LogP contribution in [0.2, 0.25) is 0 Å². The number of methoxy groups -OCH3 is 3. The summed E-state index contributed by atoms with van der Waals surface area (Å²) < 4.78 is 17.6. The van der Waals surface area contributed by atoms with Crippen molar-refractivity contribution in [2.75, 3.05) is 59.0 Å². The summed E-state index contributed by atoms with van der Waals surface area (Å²) in [6.07, 6.45) is 7.85. The first kappa shape index (κ1) is 27.8. The summed E-state index contributed by atoms with van der Waals surface area (Å²) in [5.41, 5.74) is 1.02. The Morgan fingerprint density at radius 2 is 1.92 bits per heavy atom. The average Bonchev–Trinajstić information content (AvgIpc) is 3.46. The minimum atomic E-state index is -0.253. The van der Waals surface area contributed by atoms with E-state index in [1.807, 2.05) is 35.0 Å². The lowest BCUT2D eigenvalue weighted by Gasteiger charge is -2.42. The van der Waals surface area contributed by atoms with Crippen LogP contribution in [0.4, 0.5) is 5.82 Å². The zero-order valence-corrected chi connectivity index (χ0v) is 22.6. The van der Waals surface area contributed by atoms with E-state index in [9.17, 15) is 9.59 Å². The molecule has 3 heterocycles. The number of carbonyl (C=O) groups is 2. The number of amides is 2. The van der Waals surface area contributed by atoms with Crippen molar-refractivity contribution in [2.24, 2.45) is 0 Å². The van der Waals surface area contributed by atoms with Crippen molar-refractivity contribution in [3.63, 3.8) is 0 Å². The Morgan fingerprint density at radius 1 is 1.08 bits per heavy atom. The number of imidazole rings is 1. The molecule has 0 spiro atoms. The molecule has 0 aliphatic carbocycles. The molecule has 39 heavy (non-hydrogen) atoms. The standard InChI is InChI=1S/C27H35N7O5/c1-37-18-27(36)33-12-13-34(25-7-9-29-24(31-25)17-32-11-10-28-19-32)21(16-33)15-26(35)30-8-6-20-4-5-22(38-2)23(14-20)39-3/h4-5,7,9-11,14,19,21H,6,8,12-13,15-18H2,1-3H3,(H,30,35). The number of anilines is 1. The second-order valence-corrected chi connectivity index (χ2v) is 9.18. The molecule has 1 aliphatic rings. The fourth-order valence-electron chi connectivity index (χ4n) is 4.61. The predicted molar refractivity (Wildman–Crippen MR) is 144 cm³/mol. The van der Waals surface area contributed by atoms with Crippen LogP contribution >= 0.6 is 0 Å². The van der Waals surface area contributed by atoms with Crippen LogP contribution in [-0.2, 0) is 27.3 Å². The third-order valence-electron chi connectivity index (χ3n) is 6.58. The molecule has 1 aliphatic heterocycles. The third-order valence-corrected chi connectivity index (χ3v) is 6.58. The lowest BCUT2D eigenvalue weighted by Crippen LogP contribution is -2.57. The summed E-state index contributed by atoms with van der Waals surface area (Å²) in [7, 11) is 4.69. The third kappa shape index (κ3) is 7.44. The van der Waals surface area contributed by atoms with E-state index in [2.05, 4.69) is 20.2 Å². The SMILES string of the molecule is COCC(=O)N1CCN(c2ccnc(Cn3ccnc3)n2)C(CC(=O)NCCc2ccc(OC)c(OC)c2)C1. The largest absolute Gasteiger partial charge is 0.493 e. The molecule has 2 amide bonds. The van der Waals surface area contributed by atoms with E-state index < -0.39 is 0 Å². The minimum Gasteiger partial charge on any atom is -0.493 e. The number of benzene rings is 1. The molecule has 1 unspecified atom stereocenters. The Kier molecular flexibility index (Phi) is 9.68. The van der Waals surface area contributed by atoms with Crippen LogP contribution in [-0.4, -0.2) is 96.4 Å². The van der Waals surface area contributed by atoms with Crippen molar-refractivity contribution in [3.8, 4) is 11.5 Å². The lowest BCUT2D eigenvalue weighted by atomic mass is 10.1. The molecule has 1 aromatic carbocycles. The zero-order chi connectivity index (χ0) is 27.6. The van der Waals surface area contributed by atoms with Gasteiger partial charge in [-0.25, -0.2) is 15.0 Å². The van der Waals surface area contributed by atoms with E-state index in [1.54, 1.807) is 37.8 Å². The minimum absolute atomic E-state index is 0.00675. The van der Waals surface area contributed by atoms with Crippen LogP contribution in [0.5, 0.6) is 11.5 Å². The van der Waals surface area contributed by atoms with Crippen LogP contribution in [0, 0.1) is 0 Å². The highest BCUT2D eigenvalue weighted by molar-refractivity contribution is 5.79. The molecule has 4 rings (SSSR count). The van der Waals surface area contributed by atoms with Gasteiger partial charge in [-0.15, -0.1) is 0 Å². The lowest BCUT2D eigenvalue weighted by molar-refractivity contribution is -0.136. The van der Waals surface area contributed by atoms with Crippen LogP contribution < -0.4 is 19.7 Å². The first-order valence-corrected chi connectivity index (χ1v) is 12.8. The Hall–Kier alpha value is -4.19. The maximum Gasteiger partial charge on any atom is 0.248 e. The van der Waals surface area contributed by atoms with Gasteiger partial charge in [-0.3, -0.25) is 9.59 Å². The molecule has 3 aromatic rings. The maximum atomic E-state index is 13.0. The number of ether oxygens (including phenoxy) is 3. The number of hydrogen-bond donors (Lipinski definition) is 1. The number of rotatable bonds is 12. The highest BCUT2D eigenvalue weighted by Crippen LogP contribution is 2.27. The summed E-state index contributed by atoms with van der Waals surface area (Å²) in [4.78, 5) is 42.6. The van der Waals surface area contributed by atoms with E-state index in [-0.39, 0.29) is 30.9 Å². The Balaban J connectivity index is 1.42. The van der Waals surface area contributed by atoms with Gasteiger partial charge in [0.05, 0.1) is 33.1 Å². The predicted octanol–water partition coefficient (Wildman–Crippen LogP) is 1.15. The van der Waals surface area contributed by atoms with Gasteiger partial charge in [-0.1, -0.05) is 6.07 Å². The molecular formula is C27H35N7O5. The van der Waals surface area contributed by atoms with Crippen molar-refractivity contribution in [3.05, 3.63) is 60.6 Å². The monoisotopic (exact) mass is 537 g/mol. The van der Waals surface area contributed by atoms with Gasteiger partial charge in [0.1, 0.15) is 18.2 Å². The van der Waals surface area contributed by atoms with Crippen LogP contribution in [0.25, 0.3) is 0 Å². The molecule has 1 N–H and O–H groups in total. The number of hydrogen-bond acceptors (Lipinski definition) is 9. The van der Waals surface area contributed by atoms with Gasteiger partial charge in [0.25, 0.3) is 0 Å². The molecule has 0 radical (unpaired) electrons. The van der Waals surface area contributed by atoms with E-state index in [0.29, 0.717) is 56.5 Å². The van der Waals surface area contributed by atoms with Gasteiger partial charge < -0.3 is 33.9 Å². The number of aromatic nitrogens is 4. The maximum absolute atomic E-state index is 13.0. The Labute approximate surface area is 227 Å². The van der Waals surface area contributed by atoms with E-state index in [4.69, 9.17) is 19.2 Å². The topological polar surface area (TPSA) is 124 Å². The first-order chi connectivity index (χ1) is 19.0. The van der Waals surface area contributed by atoms with Gasteiger partial charge in [0, 0.05) is 58.3 Å². The van der Waals surface area contributed by atoms with Crippen molar-refractivity contribution in [1.29, 1.82) is 0 Å². The molecule has 0 saturated carbocycles. The molecule has 2 aromatic heterocycles. The highest BCUT2D eigenvalue weighted by atomic mass is 16.5. The fraction of sp³-hybridized carbons (Fsp3) is 0.444. The van der Waals surface area contributed by atoms with Crippen LogP contribution in [0.1, 0.15) is 17.8 Å². The number of piperazine rings is 1. The Bertz CT molecular complexity index is 1240. The molecule has 12 heteroatoms. The normalized spacial score (nSPS) is 15.2. The van der Waals surface area contributed by atoms with E-state index in [1.165, 1.54) is 7.11 Å². The number of nitrogens with zero attached hydrogens (tertiary/aromatic N) is 6. The van der Waals surface area contributed by atoms with E-state index >= 15 is 0 Å². The molecule has 1 atom stereocenters. The molecular weight excluding hydrogens is 502 g/mol. The van der Waals surface area contributed by atoms with Crippen LogP contribution in [0.15, 0.2) is 49.2 Å². The summed E-state index contributed by atoms with van der Waals surface area (Å²) >= 11 is 0. The average molecular weight is 538 g/mol. The van der Waals surface area contributed by atoms with Gasteiger partial charge in [-0.2, -0.15) is 0 Å². The van der Waals surface area contributed by atoms with Gasteiger partial charge in [0.2, 0.25) is 11.8 Å². The summed E-state index contributed by atoms with van der Waals surface area (Å²) in [5.74, 6) is 2.48. The second kappa shape index (κ2) is 13.6. The molecule has 0 bridgehead atoms. The van der Waals surface area contributed by atoms with Crippen molar-refractivity contribution in [1.82, 2.24) is 29.7 Å². The molecule has 1 fully saturated rings. The molecule has 208 valence electrons. The summed E-state index contributed by atoms with van der Waals surface area (Å²) in [6.45, 7) is 2.41. The van der Waals surface area contributed by atoms with Crippen molar-refractivity contribution in [2.45, 2.75) is 25.4 Å². The van der Waals surface area contributed by atoms with Gasteiger partial charge in [0.15, 0.2) is 11.5 Å². The number of nitrogens with one attached hydrogen (secondary N) is 1. The summed E-state index contributed by atoms with van der Waals surface area (Å²) in [5, 5.41) is 3.02. The van der Waals surface area contributed by atoms with Crippen molar-refractivity contribution < 1.29 is 23.8 Å². The smallest absolute Gasteiger partial charge is 0.248 e. The first-order valence-electron chi connectivity index (χ1n) is 12.8.